The lowest BCUT2D eigenvalue weighted by atomic mass is 10.3. The molecule has 0 radical (unpaired) electrons. The number of nitrogens with one attached hydrogen (secondary N) is 2. The molecule has 3 heteroatoms. The molecule has 0 aliphatic heterocycles. The molecule has 1 aromatic carbocycles. The van der Waals surface area contributed by atoms with Crippen molar-refractivity contribution in [2.45, 2.75) is 6.92 Å². The van der Waals surface area contributed by atoms with Gasteiger partial charge in [0.25, 0.3) is 0 Å². The molecule has 0 fully saturated rings. The van der Waals surface area contributed by atoms with Crippen LogP contribution in [0.5, 0.6) is 0 Å². The first kappa shape index (κ1) is 7.86. The molecule has 0 spiro atoms. The van der Waals surface area contributed by atoms with Crippen molar-refractivity contribution in [3.8, 4) is 0 Å². The van der Waals surface area contributed by atoms with Crippen molar-refractivity contribution in [1.82, 2.24) is 9.97 Å². The third kappa shape index (κ3) is 1.87. The molecule has 0 bridgehead atoms. The predicted octanol–water partition coefficient (Wildman–Crippen LogP) is 2.46. The van der Waals surface area contributed by atoms with Crippen LogP contribution in [0.15, 0.2) is 36.5 Å². The van der Waals surface area contributed by atoms with E-state index in [0.717, 1.165) is 17.3 Å². The Kier molecular flexibility index (Phi) is 2.00. The molecule has 66 valence electrons. The Balaban J connectivity index is 2.15. The van der Waals surface area contributed by atoms with Crippen LogP contribution in [0.4, 0.5) is 11.5 Å². The number of H-pyrrole nitrogens is 1. The van der Waals surface area contributed by atoms with Crippen molar-refractivity contribution in [3.05, 3.63) is 42.4 Å². The SMILES string of the molecule is Cc1nc(Nc2ccccc2)c[nH]1. The lowest BCUT2D eigenvalue weighted by molar-refractivity contribution is 1.15. The molecule has 1 heterocycles. The van der Waals surface area contributed by atoms with E-state index in [1.54, 1.807) is 0 Å². The number of aromatic nitrogens is 2. The van der Waals surface area contributed by atoms with Gasteiger partial charge in [-0.05, 0) is 19.1 Å². The summed E-state index contributed by atoms with van der Waals surface area (Å²) in [4.78, 5) is 7.25. The van der Waals surface area contributed by atoms with Gasteiger partial charge in [-0.15, -0.1) is 0 Å². The van der Waals surface area contributed by atoms with Crippen LogP contribution in [-0.2, 0) is 0 Å². The van der Waals surface area contributed by atoms with Crippen LogP contribution in [-0.4, -0.2) is 9.97 Å². The lowest BCUT2D eigenvalue weighted by Gasteiger charge is -2.00. The molecule has 0 unspecified atom stereocenters. The molecular formula is C10H11N3. The first-order valence-corrected chi connectivity index (χ1v) is 4.19. The summed E-state index contributed by atoms with van der Waals surface area (Å²) < 4.78 is 0. The maximum atomic E-state index is 4.24. The smallest absolute Gasteiger partial charge is 0.148 e. The molecule has 1 aromatic heterocycles. The van der Waals surface area contributed by atoms with Crippen LogP contribution in [0.3, 0.4) is 0 Å². The van der Waals surface area contributed by atoms with Gasteiger partial charge >= 0.3 is 0 Å². The van der Waals surface area contributed by atoms with E-state index in [-0.39, 0.29) is 0 Å². The second kappa shape index (κ2) is 3.31. The topological polar surface area (TPSA) is 40.7 Å². The largest absolute Gasteiger partial charge is 0.347 e. The fraction of sp³-hybridized carbons (Fsp3) is 0.100. The van der Waals surface area contributed by atoms with Gasteiger partial charge in [0.1, 0.15) is 11.6 Å². The minimum absolute atomic E-state index is 0.851. The highest BCUT2D eigenvalue weighted by Gasteiger charge is 1.95. The first-order valence-electron chi connectivity index (χ1n) is 4.19. The highest BCUT2D eigenvalue weighted by Crippen LogP contribution is 2.12. The average Bonchev–Trinajstić information content (AvgIpc) is 2.53. The first-order chi connectivity index (χ1) is 6.34. The molecule has 13 heavy (non-hydrogen) atoms. The zero-order valence-electron chi connectivity index (χ0n) is 7.41. The molecule has 0 amide bonds. The summed E-state index contributed by atoms with van der Waals surface area (Å²) in [6.45, 7) is 1.93. The second-order valence-electron chi connectivity index (χ2n) is 2.86. The summed E-state index contributed by atoms with van der Waals surface area (Å²) in [7, 11) is 0. The Bertz CT molecular complexity index is 378. The molecular weight excluding hydrogens is 162 g/mol. The standard InChI is InChI=1S/C10H11N3/c1-8-11-7-10(12-8)13-9-5-3-2-4-6-9/h2-7,13H,1H3,(H,11,12). The zero-order valence-corrected chi connectivity index (χ0v) is 7.41. The number of aromatic amines is 1. The van der Waals surface area contributed by atoms with Crippen LogP contribution in [0.1, 0.15) is 5.82 Å². The van der Waals surface area contributed by atoms with E-state index >= 15 is 0 Å². The van der Waals surface area contributed by atoms with Crippen LogP contribution in [0.25, 0.3) is 0 Å². The van der Waals surface area contributed by atoms with Crippen molar-refractivity contribution >= 4 is 11.5 Å². The molecule has 0 aliphatic carbocycles. The van der Waals surface area contributed by atoms with E-state index < -0.39 is 0 Å². The molecule has 0 saturated carbocycles. The molecule has 0 atom stereocenters. The van der Waals surface area contributed by atoms with Gasteiger partial charge in [0.05, 0.1) is 0 Å². The number of benzene rings is 1. The molecule has 3 nitrogen and oxygen atoms in total. The second-order valence-corrected chi connectivity index (χ2v) is 2.86. The summed E-state index contributed by atoms with van der Waals surface area (Å²) in [5.41, 5.74) is 1.05. The maximum absolute atomic E-state index is 4.24. The Morgan fingerprint density at radius 2 is 2.00 bits per heavy atom. The summed E-state index contributed by atoms with van der Waals surface area (Å²) in [6.07, 6.45) is 1.85. The lowest BCUT2D eigenvalue weighted by Crippen LogP contribution is -1.89. The summed E-state index contributed by atoms with van der Waals surface area (Å²) in [6, 6.07) is 9.97. The number of rotatable bonds is 2. The van der Waals surface area contributed by atoms with Crippen LogP contribution < -0.4 is 5.32 Å². The van der Waals surface area contributed by atoms with Crippen LogP contribution in [0, 0.1) is 6.92 Å². The van der Waals surface area contributed by atoms with Crippen molar-refractivity contribution in [3.63, 3.8) is 0 Å². The number of hydrogen-bond acceptors (Lipinski definition) is 2. The Morgan fingerprint density at radius 3 is 2.62 bits per heavy atom. The van der Waals surface area contributed by atoms with E-state index in [4.69, 9.17) is 0 Å². The molecule has 2 N–H and O–H groups in total. The maximum Gasteiger partial charge on any atom is 0.148 e. The number of hydrogen-bond donors (Lipinski definition) is 2. The van der Waals surface area contributed by atoms with Gasteiger partial charge in [-0.3, -0.25) is 0 Å². The van der Waals surface area contributed by atoms with Crippen LogP contribution in [0.2, 0.25) is 0 Å². The van der Waals surface area contributed by atoms with E-state index in [1.807, 2.05) is 43.5 Å². The van der Waals surface area contributed by atoms with Gasteiger partial charge in [-0.25, -0.2) is 4.98 Å². The van der Waals surface area contributed by atoms with Crippen molar-refractivity contribution in [1.29, 1.82) is 0 Å². The van der Waals surface area contributed by atoms with E-state index in [0.29, 0.717) is 0 Å². The molecule has 2 rings (SSSR count). The number of imidazole rings is 1. The third-order valence-electron chi connectivity index (χ3n) is 1.75. The van der Waals surface area contributed by atoms with Gasteiger partial charge in [-0.2, -0.15) is 0 Å². The third-order valence-corrected chi connectivity index (χ3v) is 1.75. The highest BCUT2D eigenvalue weighted by molar-refractivity contribution is 5.54. The number of anilines is 2. The van der Waals surface area contributed by atoms with Crippen molar-refractivity contribution in [2.24, 2.45) is 0 Å². The predicted molar refractivity (Wildman–Crippen MR) is 53.0 cm³/mol. The fourth-order valence-corrected chi connectivity index (χ4v) is 1.15. The van der Waals surface area contributed by atoms with Gasteiger partial charge in [0.2, 0.25) is 0 Å². The normalized spacial score (nSPS) is 9.92. The number of nitrogens with zero attached hydrogens (tertiary/aromatic N) is 1. The highest BCUT2D eigenvalue weighted by atomic mass is 15.1. The van der Waals surface area contributed by atoms with Crippen molar-refractivity contribution < 1.29 is 0 Å². The summed E-state index contributed by atoms with van der Waals surface area (Å²) in [5, 5.41) is 3.18. The minimum atomic E-state index is 0.851. The molecule has 2 aromatic rings. The fourth-order valence-electron chi connectivity index (χ4n) is 1.15. The average molecular weight is 173 g/mol. The van der Waals surface area contributed by atoms with Gasteiger partial charge < -0.3 is 10.3 Å². The van der Waals surface area contributed by atoms with E-state index in [1.165, 1.54) is 0 Å². The Morgan fingerprint density at radius 1 is 1.23 bits per heavy atom. The van der Waals surface area contributed by atoms with Gasteiger partial charge in [0, 0.05) is 11.9 Å². The van der Waals surface area contributed by atoms with Crippen molar-refractivity contribution in [2.75, 3.05) is 5.32 Å². The van der Waals surface area contributed by atoms with E-state index in [2.05, 4.69) is 15.3 Å². The summed E-state index contributed by atoms with van der Waals surface area (Å²) >= 11 is 0. The zero-order chi connectivity index (χ0) is 9.10. The number of para-hydroxylation sites is 1. The quantitative estimate of drug-likeness (QED) is 0.732. The molecule has 0 saturated heterocycles. The van der Waals surface area contributed by atoms with Gasteiger partial charge in [-0.1, -0.05) is 18.2 Å². The van der Waals surface area contributed by atoms with Gasteiger partial charge in [0.15, 0.2) is 0 Å². The van der Waals surface area contributed by atoms with E-state index in [9.17, 15) is 0 Å². The monoisotopic (exact) mass is 173 g/mol. The number of aryl methyl sites for hydroxylation is 1. The Labute approximate surface area is 76.8 Å². The van der Waals surface area contributed by atoms with Crippen LogP contribution >= 0.6 is 0 Å². The molecule has 0 aliphatic rings. The Hall–Kier alpha value is -1.77. The minimum Gasteiger partial charge on any atom is -0.347 e. The summed E-state index contributed by atoms with van der Waals surface area (Å²) in [5.74, 6) is 1.77.